The lowest BCUT2D eigenvalue weighted by atomic mass is 10.1. The Morgan fingerprint density at radius 1 is 0.394 bits per heavy atom. The third kappa shape index (κ3) is 4.47. The van der Waals surface area contributed by atoms with Crippen molar-refractivity contribution in [3.05, 3.63) is 88.3 Å². The van der Waals surface area contributed by atoms with E-state index in [-0.39, 0.29) is 12.1 Å². The molecule has 0 aliphatic carbocycles. The Hall–Kier alpha value is -3.65. The molecule has 174 valence electrons. The maximum Gasteiger partial charge on any atom is 0.864 e. The smallest absolute Gasteiger partial charge is 0.487 e. The van der Waals surface area contributed by atoms with Crippen molar-refractivity contribution in [1.29, 1.82) is 0 Å². The predicted octanol–water partition coefficient (Wildman–Crippen LogP) is 5.74. The van der Waals surface area contributed by atoms with Gasteiger partial charge in [0.2, 0.25) is 40.7 Å². The number of rotatable bonds is 6. The molecular weight excluding hydrogens is 484 g/mol. The van der Waals surface area contributed by atoms with Crippen LogP contribution in [0.2, 0.25) is 0 Å². The van der Waals surface area contributed by atoms with Gasteiger partial charge in [-0.25, -0.2) is 30.7 Å². The first-order chi connectivity index (χ1) is 15.4. The molecule has 0 fully saturated rings. The van der Waals surface area contributed by atoms with Gasteiger partial charge in [-0.2, -0.15) is 17.6 Å². The lowest BCUT2D eigenvalue weighted by Crippen LogP contribution is -2.38. The fourth-order valence-corrected chi connectivity index (χ4v) is 2.27. The van der Waals surface area contributed by atoms with E-state index in [9.17, 15) is 48.3 Å². The maximum absolute atomic E-state index is 13.9. The zero-order chi connectivity index (χ0) is 24.6. The fraction of sp³-hybridized carbons (Fsp3) is 0. The molecule has 0 atom stereocenters. The van der Waals surface area contributed by atoms with E-state index in [1.165, 1.54) is 0 Å². The molecule has 0 aliphatic rings. The molecule has 3 rings (SSSR count). The first-order valence-electron chi connectivity index (χ1n) is 8.22. The molecule has 15 heteroatoms. The van der Waals surface area contributed by atoms with Gasteiger partial charge < -0.3 is 14.0 Å². The van der Waals surface area contributed by atoms with Gasteiger partial charge in [0.05, 0.1) is 0 Å². The molecule has 0 N–H and O–H groups in total. The summed E-state index contributed by atoms with van der Waals surface area (Å²) in [6, 6.07) is 1.20. The van der Waals surface area contributed by atoms with Gasteiger partial charge in [-0.05, 0) is 24.3 Å². The van der Waals surface area contributed by atoms with E-state index in [2.05, 4.69) is 14.0 Å². The molecule has 0 heterocycles. The Morgan fingerprint density at radius 2 is 0.848 bits per heavy atom. The van der Waals surface area contributed by atoms with Crippen molar-refractivity contribution in [3.63, 3.8) is 0 Å². The molecule has 0 spiro atoms. The number of benzene rings is 3. The third-order valence-electron chi connectivity index (χ3n) is 3.82. The minimum absolute atomic E-state index is 0.270. The molecule has 0 saturated carbocycles. The second-order valence-electron chi connectivity index (χ2n) is 5.89. The van der Waals surface area contributed by atoms with E-state index in [0.717, 1.165) is 0 Å². The quantitative estimate of drug-likeness (QED) is 0.192. The summed E-state index contributed by atoms with van der Waals surface area (Å²) in [5.41, 5.74) is 0. The first-order valence-corrected chi connectivity index (χ1v) is 8.22. The summed E-state index contributed by atoms with van der Waals surface area (Å²) in [5.74, 6) is -29.6. The number of hydrogen-bond acceptors (Lipinski definition) is 3. The van der Waals surface area contributed by atoms with Crippen LogP contribution in [-0.2, 0) is 0 Å². The Bertz CT molecular complexity index is 1210. The highest BCUT2D eigenvalue weighted by molar-refractivity contribution is 6.39. The Kier molecular flexibility index (Phi) is 6.60. The average Bonchev–Trinajstić information content (AvgIpc) is 2.79. The van der Waals surface area contributed by atoms with Crippen LogP contribution in [-0.4, -0.2) is 7.32 Å². The summed E-state index contributed by atoms with van der Waals surface area (Å²) in [6.45, 7) is 0. The van der Waals surface area contributed by atoms with Crippen LogP contribution in [0.3, 0.4) is 0 Å². The van der Waals surface area contributed by atoms with Crippen molar-refractivity contribution >= 4 is 7.32 Å². The van der Waals surface area contributed by atoms with E-state index in [0.29, 0.717) is 12.1 Å². The Labute approximate surface area is 176 Å². The van der Waals surface area contributed by atoms with Gasteiger partial charge in [0.1, 0.15) is 5.75 Å². The van der Waals surface area contributed by atoms with Gasteiger partial charge in [0.25, 0.3) is 0 Å². The molecule has 0 unspecified atom stereocenters. The van der Waals surface area contributed by atoms with Crippen molar-refractivity contribution in [2.75, 3.05) is 0 Å². The van der Waals surface area contributed by atoms with Crippen LogP contribution in [0, 0.1) is 64.0 Å². The minimum Gasteiger partial charge on any atom is -0.487 e. The van der Waals surface area contributed by atoms with E-state index >= 15 is 0 Å². The Morgan fingerprint density at radius 3 is 1.45 bits per heavy atom. The second-order valence-corrected chi connectivity index (χ2v) is 5.89. The molecule has 0 aromatic heterocycles. The van der Waals surface area contributed by atoms with E-state index < -0.39 is 88.6 Å². The summed E-state index contributed by atoms with van der Waals surface area (Å²) in [4.78, 5) is 0. The SMILES string of the molecule is Fc1ccc(OB(Oc2c(F)ccc(F)c2F)Oc2c(F)c(F)c(F)c(F)c2F)c(F)c1F. The number of hydrogen-bond donors (Lipinski definition) is 0. The monoisotopic (exact) mass is 488 g/mol. The highest BCUT2D eigenvalue weighted by atomic mass is 19.2. The largest absolute Gasteiger partial charge is 0.864 e. The summed E-state index contributed by atoms with van der Waals surface area (Å²) >= 11 is 0. The molecule has 3 aromatic rings. The van der Waals surface area contributed by atoms with Crippen LogP contribution in [0.25, 0.3) is 0 Å². The summed E-state index contributed by atoms with van der Waals surface area (Å²) in [7, 11) is -3.04. The lowest BCUT2D eigenvalue weighted by Gasteiger charge is -2.18. The molecule has 0 aliphatic heterocycles. The van der Waals surface area contributed by atoms with E-state index in [1.54, 1.807) is 0 Å². The highest BCUT2D eigenvalue weighted by Crippen LogP contribution is 2.32. The third-order valence-corrected chi connectivity index (χ3v) is 3.82. The van der Waals surface area contributed by atoms with E-state index in [1.807, 2.05) is 0 Å². The number of halogens is 11. The zero-order valence-electron chi connectivity index (χ0n) is 15.3. The van der Waals surface area contributed by atoms with Crippen LogP contribution in [0.4, 0.5) is 48.3 Å². The van der Waals surface area contributed by atoms with Crippen molar-refractivity contribution in [2.45, 2.75) is 0 Å². The maximum atomic E-state index is 13.9. The highest BCUT2D eigenvalue weighted by Gasteiger charge is 2.39. The van der Waals surface area contributed by atoms with Crippen molar-refractivity contribution in [3.8, 4) is 17.2 Å². The second kappa shape index (κ2) is 9.07. The minimum atomic E-state index is -3.04. The first kappa shape index (κ1) is 24.0. The molecule has 0 saturated heterocycles. The summed E-state index contributed by atoms with van der Waals surface area (Å²) in [5, 5.41) is 0. The van der Waals surface area contributed by atoms with Crippen molar-refractivity contribution in [1.82, 2.24) is 0 Å². The molecule has 3 nitrogen and oxygen atoms in total. The molecule has 3 aromatic carbocycles. The molecule has 0 bridgehead atoms. The summed E-state index contributed by atoms with van der Waals surface area (Å²) in [6.07, 6.45) is 0. The molecular formula is C18H4BF11O3. The standard InChI is InChI=1S/C18H4BF11O3/c20-5-3-4-8(11(25)9(5)23)31-19(32-17-7(22)2-1-6(21)10(17)24)33-18-15(29)13(27)12(26)14(28)16(18)30/h1-4H. The van der Waals surface area contributed by atoms with Crippen LogP contribution in [0.1, 0.15) is 0 Å². The van der Waals surface area contributed by atoms with Crippen molar-refractivity contribution in [2.24, 2.45) is 0 Å². The van der Waals surface area contributed by atoms with Gasteiger partial charge in [0, 0.05) is 0 Å². The fourth-order valence-electron chi connectivity index (χ4n) is 2.27. The predicted molar refractivity (Wildman–Crippen MR) is 86.5 cm³/mol. The van der Waals surface area contributed by atoms with Crippen LogP contribution in [0.5, 0.6) is 17.2 Å². The Balaban J connectivity index is 2.09. The van der Waals surface area contributed by atoms with E-state index in [4.69, 9.17) is 0 Å². The average molecular weight is 488 g/mol. The zero-order valence-corrected chi connectivity index (χ0v) is 15.3. The normalized spacial score (nSPS) is 10.9. The molecule has 0 radical (unpaired) electrons. The summed E-state index contributed by atoms with van der Waals surface area (Å²) < 4.78 is 163. The van der Waals surface area contributed by atoms with Gasteiger partial charge in [0.15, 0.2) is 34.8 Å². The topological polar surface area (TPSA) is 27.7 Å². The van der Waals surface area contributed by atoms with Gasteiger partial charge in [-0.3, -0.25) is 0 Å². The van der Waals surface area contributed by atoms with Crippen LogP contribution < -0.4 is 14.0 Å². The van der Waals surface area contributed by atoms with Crippen molar-refractivity contribution < 1.29 is 62.3 Å². The van der Waals surface area contributed by atoms with Crippen LogP contribution >= 0.6 is 0 Å². The molecule has 33 heavy (non-hydrogen) atoms. The van der Waals surface area contributed by atoms with Crippen LogP contribution in [0.15, 0.2) is 24.3 Å². The molecule has 0 amide bonds. The van der Waals surface area contributed by atoms with Gasteiger partial charge in [-0.15, -0.1) is 0 Å². The van der Waals surface area contributed by atoms with Gasteiger partial charge >= 0.3 is 7.32 Å². The van der Waals surface area contributed by atoms with Gasteiger partial charge in [-0.1, -0.05) is 0 Å². The lowest BCUT2D eigenvalue weighted by molar-refractivity contribution is 0.260.